The fourth-order valence-corrected chi connectivity index (χ4v) is 2.02. The SMILES string of the molecule is [B]C(=O)[C@H](NC(=O)OC(C)(C)C)[C@@H](C)c1ccc([N+](=O)[O-])c(F)c1. The minimum Gasteiger partial charge on any atom is -0.444 e. The fourth-order valence-electron chi connectivity index (χ4n) is 2.02. The van der Waals surface area contributed by atoms with Gasteiger partial charge in [0.2, 0.25) is 5.82 Å². The molecule has 0 aromatic heterocycles. The molecule has 0 fully saturated rings. The van der Waals surface area contributed by atoms with Gasteiger partial charge in [-0.25, -0.2) is 4.79 Å². The van der Waals surface area contributed by atoms with E-state index < -0.39 is 45.8 Å². The van der Waals surface area contributed by atoms with E-state index in [-0.39, 0.29) is 5.56 Å². The first-order valence-electron chi connectivity index (χ1n) is 7.15. The van der Waals surface area contributed by atoms with Crippen LogP contribution in [0.3, 0.4) is 0 Å². The van der Waals surface area contributed by atoms with Gasteiger partial charge < -0.3 is 14.8 Å². The Hall–Kier alpha value is -2.45. The lowest BCUT2D eigenvalue weighted by atomic mass is 9.83. The van der Waals surface area contributed by atoms with Gasteiger partial charge in [0.1, 0.15) is 5.60 Å². The lowest BCUT2D eigenvalue weighted by Gasteiger charge is -2.26. The number of nitro groups is 1. The molecule has 1 N–H and O–H groups in total. The second-order valence-corrected chi connectivity index (χ2v) is 6.28. The van der Waals surface area contributed by atoms with Crippen molar-refractivity contribution in [3.63, 3.8) is 0 Å². The number of ether oxygens (including phenoxy) is 1. The van der Waals surface area contributed by atoms with E-state index in [1.165, 1.54) is 13.0 Å². The molecule has 0 saturated heterocycles. The van der Waals surface area contributed by atoms with E-state index in [0.717, 1.165) is 12.1 Å². The average Bonchev–Trinajstić information content (AvgIpc) is 2.41. The fraction of sp³-hybridized carbons (Fsp3) is 0.467. The van der Waals surface area contributed by atoms with Crippen LogP contribution < -0.4 is 5.32 Å². The summed E-state index contributed by atoms with van der Waals surface area (Å²) in [7, 11) is 5.29. The molecular formula is C15H18BFN2O5. The van der Waals surface area contributed by atoms with Gasteiger partial charge in [0.15, 0.2) is 7.85 Å². The second-order valence-electron chi connectivity index (χ2n) is 6.28. The van der Waals surface area contributed by atoms with Crippen LogP contribution in [0.1, 0.15) is 39.2 Å². The normalized spacial score (nSPS) is 13.7. The van der Waals surface area contributed by atoms with Gasteiger partial charge in [-0.2, -0.15) is 4.39 Å². The van der Waals surface area contributed by atoms with Crippen molar-refractivity contribution in [3.8, 4) is 0 Å². The standard InChI is InChI=1S/C15H18BFN2O5/c1-8(9-5-6-11(19(22)23)10(17)7-9)12(13(16)20)18-14(21)24-15(2,3)4/h5-8,12H,1-4H3,(H,18,21)/t8-,12+/m0/s1. The van der Waals surface area contributed by atoms with Crippen LogP contribution in [-0.4, -0.2) is 36.2 Å². The van der Waals surface area contributed by atoms with Crippen LogP contribution in [0.2, 0.25) is 0 Å². The highest BCUT2D eigenvalue weighted by molar-refractivity contribution is 6.59. The molecule has 0 aliphatic rings. The summed E-state index contributed by atoms with van der Waals surface area (Å²) >= 11 is 0. The summed E-state index contributed by atoms with van der Waals surface area (Å²) in [4.78, 5) is 33.2. The average molecular weight is 336 g/mol. The number of hydrogen-bond donors (Lipinski definition) is 1. The van der Waals surface area contributed by atoms with E-state index in [1.807, 2.05) is 0 Å². The Labute approximate surface area is 140 Å². The molecule has 24 heavy (non-hydrogen) atoms. The minimum atomic E-state index is -1.17. The third-order valence-electron chi connectivity index (χ3n) is 3.17. The van der Waals surface area contributed by atoms with Crippen molar-refractivity contribution in [1.29, 1.82) is 0 Å². The van der Waals surface area contributed by atoms with Crippen molar-refractivity contribution in [2.45, 2.75) is 45.3 Å². The first-order valence-corrected chi connectivity index (χ1v) is 7.15. The number of nitro benzene ring substituents is 1. The largest absolute Gasteiger partial charge is 0.444 e. The quantitative estimate of drug-likeness (QED) is 0.506. The third-order valence-corrected chi connectivity index (χ3v) is 3.17. The summed E-state index contributed by atoms with van der Waals surface area (Å²) in [6.45, 7) is 6.50. The Morgan fingerprint density at radius 1 is 1.38 bits per heavy atom. The number of alkyl carbamates (subject to hydrolysis) is 1. The van der Waals surface area contributed by atoms with Crippen LogP contribution in [0, 0.1) is 15.9 Å². The van der Waals surface area contributed by atoms with Crippen molar-refractivity contribution in [2.24, 2.45) is 0 Å². The lowest BCUT2D eigenvalue weighted by molar-refractivity contribution is -0.387. The topological polar surface area (TPSA) is 98.5 Å². The van der Waals surface area contributed by atoms with E-state index in [4.69, 9.17) is 12.6 Å². The highest BCUT2D eigenvalue weighted by Crippen LogP contribution is 2.25. The molecule has 7 nitrogen and oxygen atoms in total. The number of amides is 1. The molecule has 1 rings (SSSR count). The number of rotatable bonds is 5. The predicted molar refractivity (Wildman–Crippen MR) is 85.4 cm³/mol. The third kappa shape index (κ3) is 5.33. The molecule has 0 aliphatic heterocycles. The number of carbonyl (C=O) groups excluding carboxylic acids is 2. The number of nitrogens with one attached hydrogen (secondary N) is 1. The van der Waals surface area contributed by atoms with Gasteiger partial charge in [0.25, 0.3) is 0 Å². The first-order chi connectivity index (χ1) is 10.9. The number of halogens is 1. The maximum atomic E-state index is 13.7. The van der Waals surface area contributed by atoms with Gasteiger partial charge in [-0.05, 0) is 32.4 Å². The number of nitrogens with zero attached hydrogens (tertiary/aromatic N) is 1. The maximum Gasteiger partial charge on any atom is 0.408 e. The van der Waals surface area contributed by atoms with Crippen molar-refractivity contribution in [3.05, 3.63) is 39.7 Å². The summed E-state index contributed by atoms with van der Waals surface area (Å²) in [6.07, 6.45) is -0.847. The number of carbonyl (C=O) groups is 2. The number of hydrogen-bond acceptors (Lipinski definition) is 5. The van der Waals surface area contributed by atoms with Crippen molar-refractivity contribution >= 4 is 25.3 Å². The summed E-state index contributed by atoms with van der Waals surface area (Å²) in [5.74, 6) is -1.75. The second kappa shape index (κ2) is 7.42. The molecule has 1 aromatic rings. The first kappa shape index (κ1) is 19.6. The van der Waals surface area contributed by atoms with Gasteiger partial charge in [-0.1, -0.05) is 13.0 Å². The van der Waals surface area contributed by atoms with Gasteiger partial charge >= 0.3 is 11.8 Å². The minimum absolute atomic E-state index is 0.276. The van der Waals surface area contributed by atoms with Gasteiger partial charge in [0, 0.05) is 12.0 Å². The van der Waals surface area contributed by atoms with Crippen LogP contribution in [0.4, 0.5) is 14.9 Å². The Bertz CT molecular complexity index is 660. The zero-order valence-corrected chi connectivity index (χ0v) is 13.8. The Morgan fingerprint density at radius 3 is 2.38 bits per heavy atom. The molecule has 0 spiro atoms. The molecule has 0 saturated carbocycles. The molecule has 2 radical (unpaired) electrons. The molecule has 0 aliphatic carbocycles. The van der Waals surface area contributed by atoms with Crippen LogP contribution in [-0.2, 0) is 9.53 Å². The molecule has 2 atom stereocenters. The van der Waals surface area contributed by atoms with E-state index in [1.54, 1.807) is 20.8 Å². The molecule has 0 unspecified atom stereocenters. The Morgan fingerprint density at radius 2 is 1.96 bits per heavy atom. The number of benzene rings is 1. The van der Waals surface area contributed by atoms with E-state index >= 15 is 0 Å². The van der Waals surface area contributed by atoms with E-state index in [9.17, 15) is 24.1 Å². The summed E-state index contributed by atoms with van der Waals surface area (Å²) in [5.41, 5.74) is -2.01. The van der Waals surface area contributed by atoms with Crippen LogP contribution in [0.5, 0.6) is 0 Å². The van der Waals surface area contributed by atoms with Gasteiger partial charge in [-0.3, -0.25) is 10.1 Å². The molecule has 1 amide bonds. The summed E-state index contributed by atoms with van der Waals surface area (Å²) in [6, 6.07) is 2.07. The Kier molecular flexibility index (Phi) is 6.06. The van der Waals surface area contributed by atoms with Crippen molar-refractivity contribution in [1.82, 2.24) is 5.32 Å². The van der Waals surface area contributed by atoms with E-state index in [0.29, 0.717) is 0 Å². The molecule has 1 aromatic carbocycles. The molecular weight excluding hydrogens is 318 g/mol. The Balaban J connectivity index is 3.00. The highest BCUT2D eigenvalue weighted by Gasteiger charge is 2.28. The zero-order chi connectivity index (χ0) is 18.7. The van der Waals surface area contributed by atoms with E-state index in [2.05, 4.69) is 5.32 Å². The lowest BCUT2D eigenvalue weighted by Crippen LogP contribution is -2.46. The van der Waals surface area contributed by atoms with Gasteiger partial charge in [0.05, 0.1) is 16.6 Å². The maximum absolute atomic E-state index is 13.7. The molecule has 9 heteroatoms. The zero-order valence-electron chi connectivity index (χ0n) is 13.8. The molecule has 0 heterocycles. The van der Waals surface area contributed by atoms with Crippen molar-refractivity contribution in [2.75, 3.05) is 0 Å². The summed E-state index contributed by atoms with van der Waals surface area (Å²) in [5, 5.41) is 13.0. The predicted octanol–water partition coefficient (Wildman–Crippen LogP) is 2.43. The smallest absolute Gasteiger partial charge is 0.408 e. The molecule has 128 valence electrons. The monoisotopic (exact) mass is 336 g/mol. The van der Waals surface area contributed by atoms with Crippen LogP contribution >= 0.6 is 0 Å². The van der Waals surface area contributed by atoms with Gasteiger partial charge in [-0.15, -0.1) is 0 Å². The van der Waals surface area contributed by atoms with Crippen molar-refractivity contribution < 1.29 is 23.6 Å². The highest BCUT2D eigenvalue weighted by atomic mass is 19.1. The van der Waals surface area contributed by atoms with Crippen LogP contribution in [0.15, 0.2) is 18.2 Å². The molecule has 0 bridgehead atoms. The summed E-state index contributed by atoms with van der Waals surface area (Å²) < 4.78 is 18.8. The van der Waals surface area contributed by atoms with Crippen LogP contribution in [0.25, 0.3) is 0 Å².